The minimum absolute atomic E-state index is 0.00745. The Labute approximate surface area is 122 Å². The van der Waals surface area contributed by atoms with Gasteiger partial charge in [-0.15, -0.1) is 0 Å². The SMILES string of the molecule is COCCN(CC(=O)O)C(=O)CCOc1cccc(F)c1. The molecule has 0 aliphatic heterocycles. The van der Waals surface area contributed by atoms with Crippen LogP contribution in [0.1, 0.15) is 6.42 Å². The van der Waals surface area contributed by atoms with E-state index in [2.05, 4.69) is 0 Å². The second kappa shape index (κ2) is 8.91. The summed E-state index contributed by atoms with van der Waals surface area (Å²) in [6.45, 7) is 0.110. The number of carbonyl (C=O) groups is 2. The van der Waals surface area contributed by atoms with Crippen LogP contribution in [0.4, 0.5) is 4.39 Å². The van der Waals surface area contributed by atoms with Gasteiger partial charge in [-0.2, -0.15) is 0 Å². The van der Waals surface area contributed by atoms with Gasteiger partial charge in [0.05, 0.1) is 19.6 Å². The minimum Gasteiger partial charge on any atom is -0.493 e. The van der Waals surface area contributed by atoms with Crippen molar-refractivity contribution in [2.45, 2.75) is 6.42 Å². The first kappa shape index (κ1) is 16.9. The average molecular weight is 299 g/mol. The van der Waals surface area contributed by atoms with Gasteiger partial charge in [0.1, 0.15) is 18.1 Å². The fraction of sp³-hybridized carbons (Fsp3) is 0.429. The van der Waals surface area contributed by atoms with Crippen LogP contribution in [0.5, 0.6) is 5.75 Å². The first-order valence-corrected chi connectivity index (χ1v) is 6.40. The number of aliphatic carboxylic acids is 1. The maximum absolute atomic E-state index is 12.9. The Morgan fingerprint density at radius 1 is 1.33 bits per heavy atom. The fourth-order valence-electron chi connectivity index (χ4n) is 1.63. The highest BCUT2D eigenvalue weighted by Crippen LogP contribution is 2.12. The third kappa shape index (κ3) is 6.71. The predicted molar refractivity (Wildman–Crippen MR) is 72.6 cm³/mol. The molecule has 0 fully saturated rings. The molecule has 0 bridgehead atoms. The Hall–Kier alpha value is -2.15. The van der Waals surface area contributed by atoms with Crippen LogP contribution in [-0.2, 0) is 14.3 Å². The van der Waals surface area contributed by atoms with E-state index in [9.17, 15) is 14.0 Å². The maximum Gasteiger partial charge on any atom is 0.323 e. The van der Waals surface area contributed by atoms with Crippen LogP contribution in [0.15, 0.2) is 24.3 Å². The molecule has 0 radical (unpaired) electrons. The molecule has 0 saturated carbocycles. The highest BCUT2D eigenvalue weighted by molar-refractivity contribution is 5.81. The van der Waals surface area contributed by atoms with Crippen LogP contribution in [0.25, 0.3) is 0 Å². The summed E-state index contributed by atoms with van der Waals surface area (Å²) in [5, 5.41) is 8.76. The number of methoxy groups -OCH3 is 1. The average Bonchev–Trinajstić information content (AvgIpc) is 2.43. The van der Waals surface area contributed by atoms with Crippen LogP contribution in [0.3, 0.4) is 0 Å². The van der Waals surface area contributed by atoms with Crippen LogP contribution in [0, 0.1) is 5.82 Å². The van der Waals surface area contributed by atoms with Gasteiger partial charge in [-0.25, -0.2) is 4.39 Å². The third-order valence-electron chi connectivity index (χ3n) is 2.62. The Balaban J connectivity index is 2.43. The van der Waals surface area contributed by atoms with Gasteiger partial charge in [0.2, 0.25) is 5.91 Å². The summed E-state index contributed by atoms with van der Waals surface area (Å²) in [6, 6.07) is 5.58. The normalized spacial score (nSPS) is 10.2. The zero-order valence-corrected chi connectivity index (χ0v) is 11.8. The Kier molecular flexibility index (Phi) is 7.17. The van der Waals surface area contributed by atoms with E-state index in [-0.39, 0.29) is 38.6 Å². The fourth-order valence-corrected chi connectivity index (χ4v) is 1.63. The van der Waals surface area contributed by atoms with Gasteiger partial charge in [-0.05, 0) is 12.1 Å². The first-order chi connectivity index (χ1) is 10.0. The lowest BCUT2D eigenvalue weighted by Crippen LogP contribution is -2.38. The van der Waals surface area contributed by atoms with Crippen LogP contribution >= 0.6 is 0 Å². The van der Waals surface area contributed by atoms with E-state index >= 15 is 0 Å². The van der Waals surface area contributed by atoms with Crippen molar-refractivity contribution in [1.82, 2.24) is 4.90 Å². The lowest BCUT2D eigenvalue weighted by molar-refractivity contribution is -0.145. The second-order valence-corrected chi connectivity index (χ2v) is 4.26. The largest absolute Gasteiger partial charge is 0.493 e. The van der Waals surface area contributed by atoms with Gasteiger partial charge in [0, 0.05) is 19.7 Å². The van der Waals surface area contributed by atoms with Crippen molar-refractivity contribution >= 4 is 11.9 Å². The Morgan fingerprint density at radius 2 is 2.10 bits per heavy atom. The van der Waals surface area contributed by atoms with E-state index in [1.54, 1.807) is 6.07 Å². The van der Waals surface area contributed by atoms with Crippen LogP contribution < -0.4 is 4.74 Å². The number of carboxylic acid groups (broad SMARTS) is 1. The molecule has 1 amide bonds. The number of amides is 1. The summed E-state index contributed by atoms with van der Waals surface area (Å²) < 4.78 is 23.0. The Bertz CT molecular complexity index is 480. The molecule has 6 nitrogen and oxygen atoms in total. The monoisotopic (exact) mass is 299 g/mol. The van der Waals surface area contributed by atoms with Crippen molar-refractivity contribution in [3.63, 3.8) is 0 Å². The Morgan fingerprint density at radius 3 is 2.71 bits per heavy atom. The summed E-state index contributed by atoms with van der Waals surface area (Å²) in [4.78, 5) is 23.8. The second-order valence-electron chi connectivity index (χ2n) is 4.26. The molecule has 0 saturated heterocycles. The molecule has 0 unspecified atom stereocenters. The molecule has 21 heavy (non-hydrogen) atoms. The van der Waals surface area contributed by atoms with Gasteiger partial charge >= 0.3 is 5.97 Å². The summed E-state index contributed by atoms with van der Waals surface area (Å²) in [5.74, 6) is -1.55. The standard InChI is InChI=1S/C14H18FNO5/c1-20-8-6-16(10-14(18)19)13(17)5-7-21-12-4-2-3-11(15)9-12/h2-4,9H,5-8,10H2,1H3,(H,18,19). The summed E-state index contributed by atoms with van der Waals surface area (Å²) in [5.41, 5.74) is 0. The predicted octanol–water partition coefficient (Wildman–Crippen LogP) is 1.15. The van der Waals surface area contributed by atoms with E-state index < -0.39 is 11.8 Å². The molecule has 1 aromatic carbocycles. The van der Waals surface area contributed by atoms with Crippen LogP contribution in [0.2, 0.25) is 0 Å². The van der Waals surface area contributed by atoms with Crippen LogP contribution in [-0.4, -0.2) is 55.3 Å². The van der Waals surface area contributed by atoms with Crippen molar-refractivity contribution in [2.75, 3.05) is 33.4 Å². The lowest BCUT2D eigenvalue weighted by atomic mass is 10.3. The van der Waals surface area contributed by atoms with Gasteiger partial charge in [-0.1, -0.05) is 6.07 Å². The number of carbonyl (C=O) groups excluding carboxylic acids is 1. The molecular formula is C14H18FNO5. The van der Waals surface area contributed by atoms with Gasteiger partial charge < -0.3 is 19.5 Å². The first-order valence-electron chi connectivity index (χ1n) is 6.40. The molecular weight excluding hydrogens is 281 g/mol. The number of benzene rings is 1. The van der Waals surface area contributed by atoms with Crippen molar-refractivity contribution in [3.8, 4) is 5.75 Å². The molecule has 1 rings (SSSR count). The summed E-state index contributed by atoms with van der Waals surface area (Å²) in [6.07, 6.45) is 0.00745. The number of rotatable bonds is 9. The zero-order valence-electron chi connectivity index (χ0n) is 11.8. The van der Waals surface area contributed by atoms with Gasteiger partial charge in [0.25, 0.3) is 0 Å². The third-order valence-corrected chi connectivity index (χ3v) is 2.62. The molecule has 0 aliphatic carbocycles. The molecule has 1 aromatic rings. The van der Waals surface area contributed by atoms with E-state index in [4.69, 9.17) is 14.6 Å². The molecule has 116 valence electrons. The van der Waals surface area contributed by atoms with E-state index in [1.165, 1.54) is 30.2 Å². The molecule has 0 heterocycles. The number of hydrogen-bond acceptors (Lipinski definition) is 4. The molecule has 7 heteroatoms. The highest BCUT2D eigenvalue weighted by Gasteiger charge is 2.16. The number of ether oxygens (including phenoxy) is 2. The van der Waals surface area contributed by atoms with Gasteiger partial charge in [-0.3, -0.25) is 9.59 Å². The van der Waals surface area contributed by atoms with Crippen molar-refractivity contribution in [3.05, 3.63) is 30.1 Å². The number of hydrogen-bond donors (Lipinski definition) is 1. The smallest absolute Gasteiger partial charge is 0.323 e. The maximum atomic E-state index is 12.9. The van der Waals surface area contributed by atoms with Crippen molar-refractivity contribution in [1.29, 1.82) is 0 Å². The topological polar surface area (TPSA) is 76.1 Å². The van der Waals surface area contributed by atoms with Crippen molar-refractivity contribution < 1.29 is 28.6 Å². The highest BCUT2D eigenvalue weighted by atomic mass is 19.1. The van der Waals surface area contributed by atoms with Gasteiger partial charge in [0.15, 0.2) is 0 Å². The molecule has 0 atom stereocenters. The molecule has 0 aliphatic rings. The van der Waals surface area contributed by atoms with Crippen molar-refractivity contribution in [2.24, 2.45) is 0 Å². The number of nitrogens with zero attached hydrogens (tertiary/aromatic N) is 1. The molecule has 0 aromatic heterocycles. The number of halogens is 1. The quantitative estimate of drug-likeness (QED) is 0.740. The molecule has 1 N–H and O–H groups in total. The number of carboxylic acids is 1. The zero-order chi connectivity index (χ0) is 15.7. The lowest BCUT2D eigenvalue weighted by Gasteiger charge is -2.20. The summed E-state index contributed by atoms with van der Waals surface area (Å²) in [7, 11) is 1.47. The van der Waals surface area contributed by atoms with E-state index in [0.29, 0.717) is 5.75 Å². The summed E-state index contributed by atoms with van der Waals surface area (Å²) >= 11 is 0. The van der Waals surface area contributed by atoms with E-state index in [1.807, 2.05) is 0 Å². The molecule has 0 spiro atoms. The van der Waals surface area contributed by atoms with E-state index in [0.717, 1.165) is 0 Å². The minimum atomic E-state index is -1.09.